The van der Waals surface area contributed by atoms with Gasteiger partial charge in [-0.1, -0.05) is 27.3 Å². The Morgan fingerprint density at radius 2 is 2.14 bits per heavy atom. The Morgan fingerprint density at radius 1 is 1.32 bits per heavy atom. The molecule has 3 heterocycles. The fourth-order valence-corrected chi connectivity index (χ4v) is 4.77. The first-order valence-corrected chi connectivity index (χ1v) is 10.9. The van der Waals surface area contributed by atoms with Gasteiger partial charge in [-0.15, -0.1) is 0 Å². The molecule has 148 valence electrons. The van der Waals surface area contributed by atoms with Gasteiger partial charge in [0.15, 0.2) is 10.8 Å². The van der Waals surface area contributed by atoms with Crippen molar-refractivity contribution in [2.45, 2.75) is 6.42 Å². The highest BCUT2D eigenvalue weighted by molar-refractivity contribution is 9.10. The second-order valence-electron chi connectivity index (χ2n) is 6.75. The number of halogens is 1. The Kier molecular flexibility index (Phi) is 6.05. The number of nitrogens with zero attached hydrogens (tertiary/aromatic N) is 5. The fraction of sp³-hybridized carbons (Fsp3) is 0.421. The maximum absolute atomic E-state index is 13.2. The highest BCUT2D eigenvalue weighted by Crippen LogP contribution is 2.31. The Morgan fingerprint density at radius 3 is 2.89 bits per heavy atom. The summed E-state index contributed by atoms with van der Waals surface area (Å²) < 4.78 is 9.11. The molecule has 7 nitrogen and oxygen atoms in total. The molecule has 0 atom stereocenters. The Hall–Kier alpha value is -1.81. The minimum absolute atomic E-state index is 0.110. The van der Waals surface area contributed by atoms with E-state index in [1.54, 1.807) is 21.8 Å². The van der Waals surface area contributed by atoms with Gasteiger partial charge >= 0.3 is 0 Å². The van der Waals surface area contributed by atoms with Crippen molar-refractivity contribution < 1.29 is 9.53 Å². The zero-order valence-corrected chi connectivity index (χ0v) is 18.1. The van der Waals surface area contributed by atoms with Crippen LogP contribution in [0.15, 0.2) is 34.9 Å². The van der Waals surface area contributed by atoms with E-state index in [9.17, 15) is 4.79 Å². The molecule has 1 aromatic carbocycles. The lowest BCUT2D eigenvalue weighted by molar-refractivity contribution is 0.0376. The van der Waals surface area contributed by atoms with Gasteiger partial charge in [0.25, 0.3) is 5.91 Å². The van der Waals surface area contributed by atoms with Crippen molar-refractivity contribution in [2.24, 2.45) is 7.05 Å². The van der Waals surface area contributed by atoms with Crippen LogP contribution in [-0.2, 0) is 11.8 Å². The molecule has 4 rings (SSSR count). The molecule has 1 aliphatic rings. The van der Waals surface area contributed by atoms with Gasteiger partial charge in [0.1, 0.15) is 0 Å². The molecule has 0 unspecified atom stereocenters. The van der Waals surface area contributed by atoms with Crippen LogP contribution in [0.25, 0.3) is 10.2 Å². The van der Waals surface area contributed by atoms with E-state index in [-0.39, 0.29) is 5.91 Å². The standard InChI is InChI=1S/C19H22BrN5O2S/c1-23-8-5-16(22-23)18(26)25(7-2-6-24-9-11-27-12-10-24)19-21-15-4-3-14(20)13-17(15)28-19/h3-5,8,13H,2,6-7,9-12H2,1H3. The number of hydrogen-bond acceptors (Lipinski definition) is 6. The minimum atomic E-state index is -0.110. The molecular weight excluding hydrogens is 442 g/mol. The molecule has 1 aliphatic heterocycles. The number of hydrogen-bond donors (Lipinski definition) is 0. The average Bonchev–Trinajstić information content (AvgIpc) is 3.31. The predicted molar refractivity (Wildman–Crippen MR) is 114 cm³/mol. The van der Waals surface area contributed by atoms with Gasteiger partial charge in [-0.25, -0.2) is 4.98 Å². The van der Waals surface area contributed by atoms with Crippen molar-refractivity contribution in [2.75, 3.05) is 44.3 Å². The van der Waals surface area contributed by atoms with Gasteiger partial charge in [0.2, 0.25) is 0 Å². The number of aromatic nitrogens is 3. The number of morpholine rings is 1. The SMILES string of the molecule is Cn1ccc(C(=O)N(CCCN2CCOCC2)c2nc3ccc(Br)cc3s2)n1. The van der Waals surface area contributed by atoms with Crippen LogP contribution in [0.2, 0.25) is 0 Å². The minimum Gasteiger partial charge on any atom is -0.379 e. The van der Waals surface area contributed by atoms with Gasteiger partial charge in [-0.2, -0.15) is 5.10 Å². The van der Waals surface area contributed by atoms with E-state index in [0.29, 0.717) is 17.4 Å². The zero-order valence-electron chi connectivity index (χ0n) is 15.7. The van der Waals surface area contributed by atoms with Crippen LogP contribution in [0.1, 0.15) is 16.9 Å². The van der Waals surface area contributed by atoms with E-state index in [0.717, 1.165) is 54.0 Å². The topological polar surface area (TPSA) is 63.5 Å². The van der Waals surface area contributed by atoms with Crippen LogP contribution in [0, 0.1) is 0 Å². The van der Waals surface area contributed by atoms with Crippen molar-refractivity contribution in [3.8, 4) is 0 Å². The highest BCUT2D eigenvalue weighted by Gasteiger charge is 2.23. The number of anilines is 1. The molecule has 0 N–H and O–H groups in total. The number of thiazole rings is 1. The first-order valence-electron chi connectivity index (χ1n) is 9.28. The maximum atomic E-state index is 13.2. The van der Waals surface area contributed by atoms with Crippen molar-refractivity contribution >= 4 is 48.5 Å². The predicted octanol–water partition coefficient (Wildman–Crippen LogP) is 3.16. The Labute approximate surface area is 176 Å². The summed E-state index contributed by atoms with van der Waals surface area (Å²) in [5.41, 5.74) is 1.34. The zero-order chi connectivity index (χ0) is 19.5. The van der Waals surface area contributed by atoms with Gasteiger partial charge in [-0.3, -0.25) is 19.3 Å². The monoisotopic (exact) mass is 463 g/mol. The van der Waals surface area contributed by atoms with Gasteiger partial charge in [0, 0.05) is 43.9 Å². The third-order valence-electron chi connectivity index (χ3n) is 4.71. The summed E-state index contributed by atoms with van der Waals surface area (Å²) in [6.07, 6.45) is 2.66. The quantitative estimate of drug-likeness (QED) is 0.561. The Bertz CT molecular complexity index is 966. The van der Waals surface area contributed by atoms with Gasteiger partial charge < -0.3 is 4.74 Å². The molecule has 0 spiro atoms. The molecule has 0 radical (unpaired) electrons. The first-order chi connectivity index (χ1) is 13.6. The lowest BCUT2D eigenvalue weighted by Crippen LogP contribution is -2.39. The van der Waals surface area contributed by atoms with Crippen molar-refractivity contribution in [3.63, 3.8) is 0 Å². The van der Waals surface area contributed by atoms with Crippen molar-refractivity contribution in [1.82, 2.24) is 19.7 Å². The van der Waals surface area contributed by atoms with Crippen LogP contribution in [-0.4, -0.2) is 65.0 Å². The number of benzene rings is 1. The molecule has 9 heteroatoms. The number of amides is 1. The smallest absolute Gasteiger partial charge is 0.280 e. The summed E-state index contributed by atoms with van der Waals surface area (Å²) in [6.45, 7) is 5.00. The summed E-state index contributed by atoms with van der Waals surface area (Å²) in [6, 6.07) is 7.72. The number of carbonyl (C=O) groups excluding carboxylic acids is 1. The summed E-state index contributed by atoms with van der Waals surface area (Å²) in [5, 5.41) is 5.00. The van der Waals surface area contributed by atoms with Crippen molar-refractivity contribution in [1.29, 1.82) is 0 Å². The van der Waals surface area contributed by atoms with E-state index in [1.807, 2.05) is 25.2 Å². The largest absolute Gasteiger partial charge is 0.379 e. The molecular formula is C19H22BrN5O2S. The molecule has 0 saturated carbocycles. The summed E-state index contributed by atoms with van der Waals surface area (Å²) >= 11 is 5.03. The lowest BCUT2D eigenvalue weighted by atomic mass is 10.3. The summed E-state index contributed by atoms with van der Waals surface area (Å²) in [5.74, 6) is -0.110. The average molecular weight is 464 g/mol. The third-order valence-corrected chi connectivity index (χ3v) is 6.24. The highest BCUT2D eigenvalue weighted by atomic mass is 79.9. The second-order valence-corrected chi connectivity index (χ2v) is 8.67. The molecule has 2 aromatic heterocycles. The molecule has 28 heavy (non-hydrogen) atoms. The fourth-order valence-electron chi connectivity index (χ4n) is 3.23. The lowest BCUT2D eigenvalue weighted by Gasteiger charge is -2.27. The van der Waals surface area contributed by atoms with E-state index >= 15 is 0 Å². The maximum Gasteiger partial charge on any atom is 0.280 e. The molecule has 3 aromatic rings. The number of aryl methyl sites for hydroxylation is 1. The molecule has 0 bridgehead atoms. The molecule has 1 fully saturated rings. The summed E-state index contributed by atoms with van der Waals surface area (Å²) in [7, 11) is 1.81. The van der Waals surface area contributed by atoms with Crippen LogP contribution < -0.4 is 4.90 Å². The Balaban J connectivity index is 1.55. The number of fused-ring (bicyclic) bond motifs is 1. The first kappa shape index (κ1) is 19.5. The second kappa shape index (κ2) is 8.69. The van der Waals surface area contributed by atoms with E-state index < -0.39 is 0 Å². The number of ether oxygens (including phenoxy) is 1. The third kappa shape index (κ3) is 4.43. The van der Waals surface area contributed by atoms with E-state index in [1.165, 1.54) is 11.3 Å². The molecule has 0 aliphatic carbocycles. The van der Waals surface area contributed by atoms with Crippen molar-refractivity contribution in [3.05, 3.63) is 40.6 Å². The molecule has 1 amide bonds. The van der Waals surface area contributed by atoms with Crippen LogP contribution in [0.5, 0.6) is 0 Å². The van der Waals surface area contributed by atoms with Crippen LogP contribution in [0.3, 0.4) is 0 Å². The van der Waals surface area contributed by atoms with Gasteiger partial charge in [-0.05, 0) is 30.7 Å². The van der Waals surface area contributed by atoms with Crippen LogP contribution >= 0.6 is 27.3 Å². The number of carbonyl (C=O) groups is 1. The number of rotatable bonds is 6. The summed E-state index contributed by atoms with van der Waals surface area (Å²) in [4.78, 5) is 22.0. The van der Waals surface area contributed by atoms with E-state index in [4.69, 9.17) is 9.72 Å². The normalized spacial score (nSPS) is 15.2. The van der Waals surface area contributed by atoms with Crippen LogP contribution in [0.4, 0.5) is 5.13 Å². The van der Waals surface area contributed by atoms with E-state index in [2.05, 4.69) is 25.9 Å². The molecule has 1 saturated heterocycles. The van der Waals surface area contributed by atoms with Gasteiger partial charge in [0.05, 0.1) is 23.4 Å².